The molecule has 2 aromatic rings. The normalized spacial score (nSPS) is 20.7. The van der Waals surface area contributed by atoms with Gasteiger partial charge in [-0.2, -0.15) is 0 Å². The molecular weight excluding hydrogens is 362 g/mol. The second kappa shape index (κ2) is 7.14. The lowest BCUT2D eigenvalue weighted by atomic mass is 9.73. The van der Waals surface area contributed by atoms with Gasteiger partial charge in [-0.05, 0) is 41.7 Å². The van der Waals surface area contributed by atoms with Crippen molar-refractivity contribution >= 4 is 23.1 Å². The predicted molar refractivity (Wildman–Crippen MR) is 114 cm³/mol. The Balaban J connectivity index is 2.02. The molecule has 1 aliphatic carbocycles. The third-order valence-electron chi connectivity index (χ3n) is 5.65. The number of rotatable bonds is 2. The summed E-state index contributed by atoms with van der Waals surface area (Å²) in [6.45, 7) is 8.03. The highest BCUT2D eigenvalue weighted by molar-refractivity contribution is 6.06. The first-order valence-electron chi connectivity index (χ1n) is 10.1. The molecule has 1 unspecified atom stereocenters. The first-order chi connectivity index (χ1) is 13.8. The van der Waals surface area contributed by atoms with E-state index < -0.39 is 6.04 Å². The van der Waals surface area contributed by atoms with Crippen LogP contribution in [0.4, 0.5) is 11.4 Å². The molecule has 5 heteroatoms. The van der Waals surface area contributed by atoms with E-state index in [-0.39, 0.29) is 23.0 Å². The molecule has 0 fully saturated rings. The zero-order valence-electron chi connectivity index (χ0n) is 17.4. The fourth-order valence-corrected chi connectivity index (χ4v) is 4.37. The number of hydrogen-bond donors (Lipinski definition) is 1. The van der Waals surface area contributed by atoms with Gasteiger partial charge in [0.2, 0.25) is 5.91 Å². The Kier molecular flexibility index (Phi) is 4.77. The van der Waals surface area contributed by atoms with Crippen molar-refractivity contribution in [3.63, 3.8) is 0 Å². The van der Waals surface area contributed by atoms with Gasteiger partial charge >= 0.3 is 0 Å². The number of nitrogens with zero attached hydrogens (tertiary/aromatic N) is 2. The molecule has 1 aromatic heterocycles. The maximum Gasteiger partial charge on any atom is 0.230 e. The number of aromatic nitrogens is 1. The number of fused-ring (bicyclic) bond motifs is 1. The summed E-state index contributed by atoms with van der Waals surface area (Å²) in [7, 11) is 0. The van der Waals surface area contributed by atoms with E-state index in [0.717, 1.165) is 29.1 Å². The fraction of sp³-hybridized carbons (Fsp3) is 0.375. The number of Topliss-reactive ketones (excluding diaryl/α,β-unsaturated/α-hetero) is 1. The molecule has 150 valence electrons. The maximum absolute atomic E-state index is 13.5. The van der Waals surface area contributed by atoms with Crippen molar-refractivity contribution in [1.82, 2.24) is 4.98 Å². The third-order valence-corrected chi connectivity index (χ3v) is 5.65. The Hall–Kier alpha value is -2.95. The second-order valence-electron chi connectivity index (χ2n) is 9.02. The van der Waals surface area contributed by atoms with E-state index in [1.807, 2.05) is 50.2 Å². The summed E-state index contributed by atoms with van der Waals surface area (Å²) in [5.41, 5.74) is 4.04. The van der Waals surface area contributed by atoms with Crippen molar-refractivity contribution in [2.75, 3.05) is 10.2 Å². The van der Waals surface area contributed by atoms with Gasteiger partial charge in [-0.15, -0.1) is 0 Å². The molecule has 1 amide bonds. The third kappa shape index (κ3) is 3.46. The topological polar surface area (TPSA) is 62.3 Å². The first-order valence-corrected chi connectivity index (χ1v) is 10.1. The number of carbonyl (C=O) groups is 2. The molecule has 0 spiro atoms. The van der Waals surface area contributed by atoms with E-state index in [2.05, 4.69) is 24.1 Å². The number of nitrogens with one attached hydrogen (secondary N) is 1. The number of ketones is 1. The number of allylic oxidation sites excluding steroid dienone is 1. The highest BCUT2D eigenvalue weighted by atomic mass is 16.2. The van der Waals surface area contributed by atoms with Crippen LogP contribution in [0.1, 0.15) is 52.1 Å². The molecule has 4 rings (SSSR count). The summed E-state index contributed by atoms with van der Waals surface area (Å²) in [4.78, 5) is 32.8. The highest BCUT2D eigenvalue weighted by Gasteiger charge is 2.43. The Morgan fingerprint density at radius 3 is 2.52 bits per heavy atom. The first kappa shape index (κ1) is 19.4. The minimum absolute atomic E-state index is 0.00699. The fourth-order valence-electron chi connectivity index (χ4n) is 4.37. The van der Waals surface area contributed by atoms with Crippen LogP contribution in [0.2, 0.25) is 0 Å². The standard InChI is InChI=1S/C24H27N3O2/c1-15(2)23(29)27-19-8-6-5-7-17(19)26-18-13-24(3,4)14-20(28)21(18)22(27)16-9-11-25-12-10-16/h5-12,15,22,26H,13-14H2,1-4H3. The lowest BCUT2D eigenvalue weighted by Gasteiger charge is -2.37. The molecule has 0 bridgehead atoms. The molecule has 1 aromatic carbocycles. The minimum atomic E-state index is -0.470. The summed E-state index contributed by atoms with van der Waals surface area (Å²) in [5.74, 6) is -0.114. The summed E-state index contributed by atoms with van der Waals surface area (Å²) in [6, 6.07) is 11.1. The number of carbonyl (C=O) groups excluding carboxylic acids is 2. The van der Waals surface area contributed by atoms with Gasteiger partial charge in [-0.25, -0.2) is 0 Å². The minimum Gasteiger partial charge on any atom is -0.357 e. The quantitative estimate of drug-likeness (QED) is 0.795. The van der Waals surface area contributed by atoms with Gasteiger partial charge in [0, 0.05) is 36.0 Å². The zero-order valence-corrected chi connectivity index (χ0v) is 17.4. The zero-order chi connectivity index (χ0) is 20.8. The van der Waals surface area contributed by atoms with Gasteiger partial charge in [0.25, 0.3) is 0 Å². The number of hydrogen-bond acceptors (Lipinski definition) is 4. The molecule has 2 aliphatic rings. The van der Waals surface area contributed by atoms with Crippen LogP contribution in [-0.4, -0.2) is 16.7 Å². The number of benzene rings is 1. The Bertz CT molecular complexity index is 992. The lowest BCUT2D eigenvalue weighted by Crippen LogP contribution is -2.41. The number of pyridine rings is 1. The van der Waals surface area contributed by atoms with Gasteiger partial charge in [0.1, 0.15) is 0 Å². The van der Waals surface area contributed by atoms with Crippen LogP contribution in [0.15, 0.2) is 60.1 Å². The van der Waals surface area contributed by atoms with Gasteiger partial charge in [0.05, 0.1) is 17.4 Å². The average Bonchev–Trinajstić information content (AvgIpc) is 2.81. The molecule has 5 nitrogen and oxygen atoms in total. The van der Waals surface area contributed by atoms with Crippen molar-refractivity contribution in [1.29, 1.82) is 0 Å². The van der Waals surface area contributed by atoms with Crippen LogP contribution in [0.5, 0.6) is 0 Å². The number of anilines is 2. The van der Waals surface area contributed by atoms with Crippen LogP contribution in [0, 0.1) is 11.3 Å². The maximum atomic E-state index is 13.5. The average molecular weight is 389 g/mol. The van der Waals surface area contributed by atoms with Crippen molar-refractivity contribution in [2.24, 2.45) is 11.3 Å². The van der Waals surface area contributed by atoms with Crippen molar-refractivity contribution in [3.8, 4) is 0 Å². The number of amides is 1. The summed E-state index contributed by atoms with van der Waals surface area (Å²) >= 11 is 0. The van der Waals surface area contributed by atoms with Gasteiger partial charge in [0.15, 0.2) is 5.78 Å². The Morgan fingerprint density at radius 1 is 1.14 bits per heavy atom. The van der Waals surface area contributed by atoms with E-state index in [4.69, 9.17) is 0 Å². The van der Waals surface area contributed by atoms with Crippen molar-refractivity contribution < 1.29 is 9.59 Å². The largest absolute Gasteiger partial charge is 0.357 e. The van der Waals surface area contributed by atoms with Crippen LogP contribution in [-0.2, 0) is 9.59 Å². The van der Waals surface area contributed by atoms with E-state index in [1.165, 1.54) is 0 Å². The SMILES string of the molecule is CC(C)C(=O)N1c2ccccc2NC2=C(C(=O)CC(C)(C)C2)C1c1ccncc1. The lowest BCUT2D eigenvalue weighted by molar-refractivity contribution is -0.122. The molecule has 2 heterocycles. The molecule has 0 saturated carbocycles. The molecule has 0 saturated heterocycles. The molecule has 29 heavy (non-hydrogen) atoms. The monoisotopic (exact) mass is 389 g/mol. The summed E-state index contributed by atoms with van der Waals surface area (Å²) < 4.78 is 0. The smallest absolute Gasteiger partial charge is 0.230 e. The van der Waals surface area contributed by atoms with Crippen LogP contribution >= 0.6 is 0 Å². The summed E-state index contributed by atoms with van der Waals surface area (Å²) in [6.07, 6.45) is 4.66. The van der Waals surface area contributed by atoms with Gasteiger partial charge < -0.3 is 5.32 Å². The van der Waals surface area contributed by atoms with Gasteiger partial charge in [-0.1, -0.05) is 39.8 Å². The van der Waals surface area contributed by atoms with E-state index in [9.17, 15) is 9.59 Å². The second-order valence-corrected chi connectivity index (χ2v) is 9.02. The molecule has 1 aliphatic heterocycles. The van der Waals surface area contributed by atoms with Crippen LogP contribution < -0.4 is 10.2 Å². The Labute approximate surface area is 171 Å². The Morgan fingerprint density at radius 2 is 1.83 bits per heavy atom. The molecule has 1 N–H and O–H groups in total. The van der Waals surface area contributed by atoms with Gasteiger partial charge in [-0.3, -0.25) is 19.5 Å². The van der Waals surface area contributed by atoms with Crippen LogP contribution in [0.3, 0.4) is 0 Å². The van der Waals surface area contributed by atoms with E-state index in [0.29, 0.717) is 12.0 Å². The van der Waals surface area contributed by atoms with Crippen LogP contribution in [0.25, 0.3) is 0 Å². The highest BCUT2D eigenvalue weighted by Crippen LogP contribution is 2.48. The van der Waals surface area contributed by atoms with E-state index >= 15 is 0 Å². The molecule has 1 atom stereocenters. The molecular formula is C24H27N3O2. The van der Waals surface area contributed by atoms with E-state index in [1.54, 1.807) is 17.3 Å². The number of para-hydroxylation sites is 2. The van der Waals surface area contributed by atoms with Crippen molar-refractivity contribution in [2.45, 2.75) is 46.6 Å². The summed E-state index contributed by atoms with van der Waals surface area (Å²) in [5, 5.41) is 3.52. The van der Waals surface area contributed by atoms with Crippen molar-refractivity contribution in [3.05, 3.63) is 65.6 Å². The predicted octanol–water partition coefficient (Wildman–Crippen LogP) is 4.88. The molecule has 0 radical (unpaired) electrons.